The Hall–Kier alpha value is -2.82. The summed E-state index contributed by atoms with van der Waals surface area (Å²) in [7, 11) is 0. The number of carbonyl (C=O) groups is 1. The quantitative estimate of drug-likeness (QED) is 0.737. The third-order valence-corrected chi connectivity index (χ3v) is 4.52. The zero-order chi connectivity index (χ0) is 17.1. The Bertz CT molecular complexity index is 867. The van der Waals surface area contributed by atoms with Crippen molar-refractivity contribution in [1.82, 2.24) is 10.3 Å². The Morgan fingerprint density at radius 2 is 1.88 bits per heavy atom. The van der Waals surface area contributed by atoms with Crippen molar-refractivity contribution in [2.45, 2.75) is 38.1 Å². The average Bonchev–Trinajstić information content (AvgIpc) is 3.06. The third-order valence-electron chi connectivity index (χ3n) is 4.52. The van der Waals surface area contributed by atoms with Gasteiger partial charge in [0.15, 0.2) is 5.58 Å². The van der Waals surface area contributed by atoms with Gasteiger partial charge in [-0.2, -0.15) is 0 Å². The summed E-state index contributed by atoms with van der Waals surface area (Å²) in [4.78, 5) is 16.5. The summed E-state index contributed by atoms with van der Waals surface area (Å²) >= 11 is 0. The molecule has 128 valence electrons. The first-order valence-corrected chi connectivity index (χ1v) is 8.72. The minimum absolute atomic E-state index is 0.222. The van der Waals surface area contributed by atoms with Crippen LogP contribution in [0.5, 0.6) is 5.75 Å². The standard InChI is InChI=1S/C20H20N2O3/c23-20(21-15-9-5-2-6-10-15)24-16-11-12-17-18(13-16)25-19(22-17)14-7-3-1-4-8-14/h1,3-4,7-8,11-13,15H,2,5-6,9-10H2,(H,21,23). The number of hydrogen-bond acceptors (Lipinski definition) is 4. The van der Waals surface area contributed by atoms with Gasteiger partial charge in [-0.25, -0.2) is 9.78 Å². The number of fused-ring (bicyclic) bond motifs is 1. The number of carbonyl (C=O) groups excluding carboxylic acids is 1. The van der Waals surface area contributed by atoms with Gasteiger partial charge in [0.2, 0.25) is 5.89 Å². The molecule has 1 fully saturated rings. The van der Waals surface area contributed by atoms with E-state index >= 15 is 0 Å². The normalized spacial score (nSPS) is 15.2. The van der Waals surface area contributed by atoms with Crippen molar-refractivity contribution < 1.29 is 13.9 Å². The van der Waals surface area contributed by atoms with Crippen LogP contribution in [0.2, 0.25) is 0 Å². The monoisotopic (exact) mass is 336 g/mol. The molecule has 3 aromatic rings. The Morgan fingerprint density at radius 1 is 1.08 bits per heavy atom. The van der Waals surface area contributed by atoms with E-state index in [1.165, 1.54) is 6.42 Å². The summed E-state index contributed by atoms with van der Waals surface area (Å²) in [6, 6.07) is 15.2. The molecular formula is C20H20N2O3. The van der Waals surface area contributed by atoms with Crippen LogP contribution in [0, 0.1) is 0 Å². The molecule has 1 N–H and O–H groups in total. The first-order chi connectivity index (χ1) is 12.3. The highest BCUT2D eigenvalue weighted by atomic mass is 16.6. The van der Waals surface area contributed by atoms with Gasteiger partial charge < -0.3 is 14.5 Å². The third kappa shape index (κ3) is 3.65. The molecule has 0 unspecified atom stereocenters. The molecule has 1 aliphatic rings. The van der Waals surface area contributed by atoms with Gasteiger partial charge >= 0.3 is 6.09 Å². The highest BCUT2D eigenvalue weighted by molar-refractivity contribution is 5.79. The van der Waals surface area contributed by atoms with Crippen molar-refractivity contribution in [1.29, 1.82) is 0 Å². The van der Waals surface area contributed by atoms with Gasteiger partial charge in [0.1, 0.15) is 11.3 Å². The molecule has 5 nitrogen and oxygen atoms in total. The maximum absolute atomic E-state index is 12.1. The fourth-order valence-corrected chi connectivity index (χ4v) is 3.22. The van der Waals surface area contributed by atoms with Gasteiger partial charge in [-0.1, -0.05) is 37.5 Å². The molecule has 0 spiro atoms. The molecule has 4 rings (SSSR count). The molecule has 0 saturated heterocycles. The van der Waals surface area contributed by atoms with Gasteiger partial charge in [0, 0.05) is 17.7 Å². The molecule has 0 aliphatic heterocycles. The lowest BCUT2D eigenvalue weighted by molar-refractivity contribution is 0.192. The van der Waals surface area contributed by atoms with Crippen molar-refractivity contribution in [2.24, 2.45) is 0 Å². The number of benzene rings is 2. The van der Waals surface area contributed by atoms with E-state index in [4.69, 9.17) is 9.15 Å². The summed E-state index contributed by atoms with van der Waals surface area (Å²) in [5.74, 6) is 1.01. The highest BCUT2D eigenvalue weighted by Gasteiger charge is 2.17. The smallest absolute Gasteiger partial charge is 0.412 e. The Labute approximate surface area is 146 Å². The lowest BCUT2D eigenvalue weighted by Gasteiger charge is -2.22. The van der Waals surface area contributed by atoms with Crippen molar-refractivity contribution >= 4 is 17.2 Å². The molecular weight excluding hydrogens is 316 g/mol. The topological polar surface area (TPSA) is 64.4 Å². The summed E-state index contributed by atoms with van der Waals surface area (Å²) in [6.45, 7) is 0. The van der Waals surface area contributed by atoms with E-state index in [0.29, 0.717) is 17.2 Å². The summed E-state index contributed by atoms with van der Waals surface area (Å²) in [5.41, 5.74) is 2.25. The van der Waals surface area contributed by atoms with Crippen LogP contribution in [0.15, 0.2) is 52.9 Å². The molecule has 25 heavy (non-hydrogen) atoms. The van der Waals surface area contributed by atoms with Crippen LogP contribution in [0.1, 0.15) is 32.1 Å². The molecule has 1 heterocycles. The largest absolute Gasteiger partial charge is 0.436 e. The second kappa shape index (κ2) is 6.97. The van der Waals surface area contributed by atoms with Crippen LogP contribution in [-0.4, -0.2) is 17.1 Å². The summed E-state index contributed by atoms with van der Waals surface area (Å²) in [6.07, 6.45) is 5.22. The molecule has 0 bridgehead atoms. The highest BCUT2D eigenvalue weighted by Crippen LogP contribution is 2.27. The number of hydrogen-bond donors (Lipinski definition) is 1. The lowest BCUT2D eigenvalue weighted by atomic mass is 9.96. The van der Waals surface area contributed by atoms with Gasteiger partial charge in [-0.3, -0.25) is 0 Å². The van der Waals surface area contributed by atoms with E-state index in [9.17, 15) is 4.79 Å². The minimum atomic E-state index is -0.408. The van der Waals surface area contributed by atoms with Crippen LogP contribution in [-0.2, 0) is 0 Å². The van der Waals surface area contributed by atoms with E-state index in [0.717, 1.165) is 36.8 Å². The first-order valence-electron chi connectivity index (χ1n) is 8.72. The van der Waals surface area contributed by atoms with E-state index < -0.39 is 6.09 Å². The van der Waals surface area contributed by atoms with Gasteiger partial charge in [0.25, 0.3) is 0 Å². The summed E-state index contributed by atoms with van der Waals surface area (Å²) < 4.78 is 11.2. The Morgan fingerprint density at radius 3 is 2.68 bits per heavy atom. The number of amides is 1. The molecule has 0 radical (unpaired) electrons. The molecule has 1 aromatic heterocycles. The van der Waals surface area contributed by atoms with E-state index in [1.807, 2.05) is 30.3 Å². The second-order valence-electron chi connectivity index (χ2n) is 6.38. The average molecular weight is 336 g/mol. The maximum atomic E-state index is 12.1. The number of rotatable bonds is 3. The van der Waals surface area contributed by atoms with Gasteiger partial charge in [-0.15, -0.1) is 0 Å². The van der Waals surface area contributed by atoms with Crippen LogP contribution in [0.25, 0.3) is 22.6 Å². The molecule has 5 heteroatoms. The van der Waals surface area contributed by atoms with Crippen molar-refractivity contribution in [3.8, 4) is 17.2 Å². The fourth-order valence-electron chi connectivity index (χ4n) is 3.22. The Kier molecular flexibility index (Phi) is 4.37. The molecule has 0 atom stereocenters. The van der Waals surface area contributed by atoms with E-state index in [2.05, 4.69) is 10.3 Å². The molecule has 2 aromatic carbocycles. The zero-order valence-electron chi connectivity index (χ0n) is 13.9. The van der Waals surface area contributed by atoms with Crippen LogP contribution in [0.4, 0.5) is 4.79 Å². The predicted octanol–water partition coefficient (Wildman–Crippen LogP) is 4.92. The second-order valence-corrected chi connectivity index (χ2v) is 6.38. The maximum Gasteiger partial charge on any atom is 0.412 e. The first kappa shape index (κ1) is 15.7. The minimum Gasteiger partial charge on any atom is -0.436 e. The number of oxazole rings is 1. The van der Waals surface area contributed by atoms with E-state index in [1.54, 1.807) is 18.2 Å². The summed E-state index contributed by atoms with van der Waals surface area (Å²) in [5, 5.41) is 2.94. The SMILES string of the molecule is O=C(NC1CCCCC1)Oc1ccc2nc(-c3ccccc3)oc2c1. The predicted molar refractivity (Wildman–Crippen MR) is 95.5 cm³/mol. The number of nitrogens with zero attached hydrogens (tertiary/aromatic N) is 1. The van der Waals surface area contributed by atoms with Crippen LogP contribution >= 0.6 is 0 Å². The molecule has 1 amide bonds. The van der Waals surface area contributed by atoms with Gasteiger partial charge in [0.05, 0.1) is 0 Å². The van der Waals surface area contributed by atoms with Crippen molar-refractivity contribution in [3.05, 3.63) is 48.5 Å². The Balaban J connectivity index is 1.48. The lowest BCUT2D eigenvalue weighted by Crippen LogP contribution is -2.37. The molecule has 1 saturated carbocycles. The zero-order valence-corrected chi connectivity index (χ0v) is 13.9. The number of ether oxygens (including phenoxy) is 1. The molecule has 1 aliphatic carbocycles. The van der Waals surface area contributed by atoms with Gasteiger partial charge in [-0.05, 0) is 37.1 Å². The number of aromatic nitrogens is 1. The van der Waals surface area contributed by atoms with Crippen LogP contribution < -0.4 is 10.1 Å². The van der Waals surface area contributed by atoms with Crippen molar-refractivity contribution in [2.75, 3.05) is 0 Å². The number of nitrogens with one attached hydrogen (secondary N) is 1. The fraction of sp³-hybridized carbons (Fsp3) is 0.300. The van der Waals surface area contributed by atoms with Crippen LogP contribution in [0.3, 0.4) is 0 Å². The van der Waals surface area contributed by atoms with Crippen molar-refractivity contribution in [3.63, 3.8) is 0 Å². The van der Waals surface area contributed by atoms with E-state index in [-0.39, 0.29) is 6.04 Å².